The Balaban J connectivity index is 2.39. The third-order valence-corrected chi connectivity index (χ3v) is 9.38. The van der Waals surface area contributed by atoms with Crippen LogP contribution in [0, 0.1) is 0 Å². The Morgan fingerprint density at radius 2 is 1.89 bits per heavy atom. The predicted molar refractivity (Wildman–Crippen MR) is 80.7 cm³/mol. The lowest BCUT2D eigenvalue weighted by Gasteiger charge is -2.39. The second kappa shape index (κ2) is 5.02. The van der Waals surface area contributed by atoms with Crippen molar-refractivity contribution >= 4 is 13.5 Å². The summed E-state index contributed by atoms with van der Waals surface area (Å²) in [6, 6.07) is 12.1. The number of benzene rings is 1. The third kappa shape index (κ3) is 2.32. The Morgan fingerprint density at radius 3 is 2.44 bits per heavy atom. The molecule has 0 spiro atoms. The van der Waals surface area contributed by atoms with Gasteiger partial charge in [0.15, 0.2) is 0 Å². The van der Waals surface area contributed by atoms with Crippen molar-refractivity contribution in [1.29, 1.82) is 0 Å². The molecule has 0 saturated carbocycles. The van der Waals surface area contributed by atoms with Crippen LogP contribution in [-0.2, 0) is 4.43 Å². The normalized spacial score (nSPS) is 29.0. The molecule has 1 heterocycles. The monoisotopic (exact) mass is 260 g/mol. The average molecular weight is 260 g/mol. The Kier molecular flexibility index (Phi) is 3.78. The van der Waals surface area contributed by atoms with Crippen LogP contribution in [0.25, 0.3) is 0 Å². The molecule has 0 bridgehead atoms. The summed E-state index contributed by atoms with van der Waals surface area (Å²) in [7, 11) is -1.86. The molecule has 1 fully saturated rings. The van der Waals surface area contributed by atoms with Gasteiger partial charge in [-0.25, -0.2) is 0 Å². The van der Waals surface area contributed by atoms with E-state index in [-0.39, 0.29) is 5.04 Å². The minimum absolute atomic E-state index is 0.241. The van der Waals surface area contributed by atoms with E-state index in [0.29, 0.717) is 6.10 Å². The second-order valence-electron chi connectivity index (χ2n) is 6.16. The number of hydrogen-bond donors (Lipinski definition) is 0. The van der Waals surface area contributed by atoms with E-state index in [1.807, 2.05) is 0 Å². The maximum absolute atomic E-state index is 6.59. The first-order valence-electron chi connectivity index (χ1n) is 6.86. The first kappa shape index (κ1) is 13.6. The quantitative estimate of drug-likeness (QED) is 0.577. The molecule has 2 atom stereocenters. The van der Waals surface area contributed by atoms with E-state index in [2.05, 4.69) is 70.2 Å². The summed E-state index contributed by atoms with van der Waals surface area (Å²) in [6.07, 6.45) is 5.82. The molecule has 0 unspecified atom stereocenters. The van der Waals surface area contributed by atoms with E-state index in [1.54, 1.807) is 0 Å². The summed E-state index contributed by atoms with van der Waals surface area (Å²) in [4.78, 5) is 0. The molecule has 0 amide bonds. The van der Waals surface area contributed by atoms with Gasteiger partial charge >= 0.3 is 0 Å². The molecule has 1 aliphatic rings. The lowest BCUT2D eigenvalue weighted by Crippen LogP contribution is -2.55. The highest BCUT2D eigenvalue weighted by atomic mass is 28.4. The van der Waals surface area contributed by atoms with Gasteiger partial charge in [-0.2, -0.15) is 0 Å². The minimum Gasteiger partial charge on any atom is -0.406 e. The van der Waals surface area contributed by atoms with Crippen molar-refractivity contribution in [3.05, 3.63) is 42.5 Å². The second-order valence-corrected chi connectivity index (χ2v) is 10.6. The molecule has 2 heteroatoms. The summed E-state index contributed by atoms with van der Waals surface area (Å²) >= 11 is 0. The molecule has 1 aliphatic heterocycles. The maximum Gasteiger partial charge on any atom is 0.230 e. The number of allylic oxidation sites excluding steroid dienone is 1. The molecule has 0 aromatic heterocycles. The summed E-state index contributed by atoms with van der Waals surface area (Å²) < 4.78 is 6.59. The molecule has 1 aromatic carbocycles. The van der Waals surface area contributed by atoms with Crippen molar-refractivity contribution < 1.29 is 4.43 Å². The smallest absolute Gasteiger partial charge is 0.230 e. The standard InChI is InChI=1S/C16H24OSi/c1-5-9-14-12-13-18(17-14,16(2,3)4)15-10-7-6-8-11-15/h5-11,14H,12-13H2,1-4H3/b9-5-/t14-,18-/m1/s1. The van der Waals surface area contributed by atoms with Gasteiger partial charge in [0.1, 0.15) is 0 Å². The van der Waals surface area contributed by atoms with Crippen LogP contribution in [0.3, 0.4) is 0 Å². The summed E-state index contributed by atoms with van der Waals surface area (Å²) in [5.41, 5.74) is 0. The first-order valence-corrected chi connectivity index (χ1v) is 8.97. The van der Waals surface area contributed by atoms with Crippen molar-refractivity contribution in [1.82, 2.24) is 0 Å². The lowest BCUT2D eigenvalue weighted by atomic mass is 10.2. The van der Waals surface area contributed by atoms with E-state index in [9.17, 15) is 0 Å². The maximum atomic E-state index is 6.59. The van der Waals surface area contributed by atoms with Crippen molar-refractivity contribution in [2.75, 3.05) is 0 Å². The van der Waals surface area contributed by atoms with Crippen molar-refractivity contribution in [3.8, 4) is 0 Å². The van der Waals surface area contributed by atoms with Crippen molar-refractivity contribution in [2.45, 2.75) is 51.3 Å². The number of rotatable bonds is 2. The van der Waals surface area contributed by atoms with E-state index in [4.69, 9.17) is 4.43 Å². The Bertz CT molecular complexity index is 418. The van der Waals surface area contributed by atoms with E-state index >= 15 is 0 Å². The highest BCUT2D eigenvalue weighted by Crippen LogP contribution is 2.45. The van der Waals surface area contributed by atoms with Gasteiger partial charge in [0.25, 0.3) is 0 Å². The first-order chi connectivity index (χ1) is 8.49. The largest absolute Gasteiger partial charge is 0.406 e. The predicted octanol–water partition coefficient (Wildman–Crippen LogP) is 4.00. The topological polar surface area (TPSA) is 9.23 Å². The van der Waals surface area contributed by atoms with Crippen LogP contribution in [0.1, 0.15) is 34.1 Å². The van der Waals surface area contributed by atoms with Crippen LogP contribution in [0.5, 0.6) is 0 Å². The lowest BCUT2D eigenvalue weighted by molar-refractivity contribution is 0.262. The SMILES string of the molecule is C/C=C\[C@@H]1CC[Si@@](c2ccccc2)(C(C)(C)C)O1. The molecule has 2 rings (SSSR count). The Labute approximate surface area is 112 Å². The zero-order chi connectivity index (χ0) is 13.2. The van der Waals surface area contributed by atoms with E-state index in [1.165, 1.54) is 17.7 Å². The zero-order valence-corrected chi connectivity index (χ0v) is 12.9. The fourth-order valence-electron chi connectivity index (χ4n) is 2.98. The highest BCUT2D eigenvalue weighted by molar-refractivity contribution is 6.89. The molecule has 1 saturated heterocycles. The van der Waals surface area contributed by atoms with Crippen LogP contribution >= 0.6 is 0 Å². The number of hydrogen-bond acceptors (Lipinski definition) is 1. The van der Waals surface area contributed by atoms with Crippen molar-refractivity contribution in [3.63, 3.8) is 0 Å². The Hall–Kier alpha value is -0.863. The highest BCUT2D eigenvalue weighted by Gasteiger charge is 2.52. The van der Waals surface area contributed by atoms with Crippen LogP contribution in [0.15, 0.2) is 42.5 Å². The van der Waals surface area contributed by atoms with Gasteiger partial charge < -0.3 is 4.43 Å². The van der Waals surface area contributed by atoms with Gasteiger partial charge in [-0.05, 0) is 29.6 Å². The zero-order valence-electron chi connectivity index (χ0n) is 11.9. The van der Waals surface area contributed by atoms with Crippen LogP contribution in [-0.4, -0.2) is 14.4 Å². The average Bonchev–Trinajstić information content (AvgIpc) is 2.76. The van der Waals surface area contributed by atoms with Gasteiger partial charge in [-0.3, -0.25) is 0 Å². The van der Waals surface area contributed by atoms with Crippen molar-refractivity contribution in [2.24, 2.45) is 0 Å². The van der Waals surface area contributed by atoms with Crippen LogP contribution in [0.4, 0.5) is 0 Å². The van der Waals surface area contributed by atoms with E-state index < -0.39 is 8.32 Å². The molecule has 0 radical (unpaired) electrons. The Morgan fingerprint density at radius 1 is 1.22 bits per heavy atom. The molecule has 98 valence electrons. The summed E-state index contributed by atoms with van der Waals surface area (Å²) in [5, 5.41) is 1.69. The molecule has 0 N–H and O–H groups in total. The molecule has 1 aromatic rings. The van der Waals surface area contributed by atoms with Gasteiger partial charge in [0.05, 0.1) is 6.10 Å². The summed E-state index contributed by atoms with van der Waals surface area (Å²) in [5.74, 6) is 0. The summed E-state index contributed by atoms with van der Waals surface area (Å²) in [6.45, 7) is 9.09. The minimum atomic E-state index is -1.86. The molecular formula is C16H24OSi. The third-order valence-electron chi connectivity index (χ3n) is 3.99. The molecule has 18 heavy (non-hydrogen) atoms. The fraction of sp³-hybridized carbons (Fsp3) is 0.500. The van der Waals surface area contributed by atoms with Crippen LogP contribution in [0.2, 0.25) is 11.1 Å². The molecule has 1 nitrogen and oxygen atoms in total. The van der Waals surface area contributed by atoms with Gasteiger partial charge in [0, 0.05) is 0 Å². The van der Waals surface area contributed by atoms with E-state index in [0.717, 1.165) is 0 Å². The van der Waals surface area contributed by atoms with Gasteiger partial charge in [-0.15, -0.1) is 0 Å². The molecular weight excluding hydrogens is 236 g/mol. The van der Waals surface area contributed by atoms with Gasteiger partial charge in [-0.1, -0.05) is 63.3 Å². The fourth-order valence-corrected chi connectivity index (χ4v) is 7.62. The van der Waals surface area contributed by atoms with Crippen LogP contribution < -0.4 is 5.19 Å². The van der Waals surface area contributed by atoms with Gasteiger partial charge in [0.2, 0.25) is 8.32 Å². The molecule has 0 aliphatic carbocycles.